The second-order valence-electron chi connectivity index (χ2n) is 6.96. The van der Waals surface area contributed by atoms with Crippen LogP contribution in [0.4, 0.5) is 0 Å². The van der Waals surface area contributed by atoms with Crippen LogP contribution in [0.25, 0.3) is 0 Å². The van der Waals surface area contributed by atoms with Gasteiger partial charge < -0.3 is 4.74 Å². The molecular weight excluding hydrogens is 258 g/mol. The Morgan fingerprint density at radius 1 is 1.48 bits per heavy atom. The summed E-state index contributed by atoms with van der Waals surface area (Å²) in [6.45, 7) is -3.26. The summed E-state index contributed by atoms with van der Waals surface area (Å²) in [5.41, 5.74) is 2.68. The van der Waals surface area contributed by atoms with E-state index in [1.807, 2.05) is 12.1 Å². The number of likely N-dealkylation sites (tertiary alicyclic amines) is 1. The van der Waals surface area contributed by atoms with Crippen LogP contribution in [0.5, 0.6) is 5.75 Å². The zero-order valence-electron chi connectivity index (χ0n) is 17.9. The number of hydrogen-bond acceptors (Lipinski definition) is 2. The third-order valence-corrected chi connectivity index (χ3v) is 6.48. The van der Waals surface area contributed by atoms with Crippen LogP contribution in [0.2, 0.25) is 0 Å². The average Bonchev–Trinajstić information content (AvgIpc) is 2.59. The fourth-order valence-corrected chi connectivity index (χ4v) is 5.55. The highest BCUT2D eigenvalue weighted by atomic mass is 16.5. The van der Waals surface area contributed by atoms with Gasteiger partial charge in [-0.15, -0.1) is 0 Å². The Labute approximate surface area is 135 Å². The molecule has 0 N–H and O–H groups in total. The van der Waals surface area contributed by atoms with Crippen LogP contribution in [0, 0.1) is 5.92 Å². The summed E-state index contributed by atoms with van der Waals surface area (Å²) in [5.74, 6) is 0.972. The molecular formula is C19H27NO. The number of ether oxygens (including phenoxy) is 1. The highest BCUT2D eigenvalue weighted by Crippen LogP contribution is 2.59. The molecule has 2 nitrogen and oxygen atoms in total. The molecule has 114 valence electrons. The highest BCUT2D eigenvalue weighted by Gasteiger charge is 2.60. The number of hydrogen-bond donors (Lipinski definition) is 0. The molecule has 4 rings (SSSR count). The van der Waals surface area contributed by atoms with Crippen LogP contribution >= 0.6 is 0 Å². The van der Waals surface area contributed by atoms with E-state index in [-0.39, 0.29) is 5.41 Å². The van der Waals surface area contributed by atoms with Crippen molar-refractivity contribution in [2.45, 2.75) is 63.4 Å². The predicted molar refractivity (Wildman–Crippen MR) is 86.0 cm³/mol. The quantitative estimate of drug-likeness (QED) is 0.840. The molecule has 0 amide bonds. The van der Waals surface area contributed by atoms with E-state index in [9.17, 15) is 0 Å². The van der Waals surface area contributed by atoms with Crippen LogP contribution in [-0.4, -0.2) is 30.6 Å². The highest BCUT2D eigenvalue weighted by molar-refractivity contribution is 5.46. The van der Waals surface area contributed by atoms with Crippen LogP contribution in [0.15, 0.2) is 18.2 Å². The summed E-state index contributed by atoms with van der Waals surface area (Å²) in [6, 6.07) is 6.90. The standard InChI is InChI=1S/C19H27NO/c1-4-19-10-6-7-16-18(19)17(20(16)3)11-13-8-9-14(21-5-2)12-15(13)19/h8-9,12,16-18H,4-7,10-11H2,1-3H3/t16?,17-,18+,19?/m0/s1/i2D3,5D2. The molecule has 0 radical (unpaired) electrons. The van der Waals surface area contributed by atoms with Gasteiger partial charge in [-0.3, -0.25) is 4.90 Å². The van der Waals surface area contributed by atoms with Crippen LogP contribution in [-0.2, 0) is 11.8 Å². The summed E-state index contributed by atoms with van der Waals surface area (Å²) in [5, 5.41) is 0. The summed E-state index contributed by atoms with van der Waals surface area (Å²) < 4.78 is 43.0. The predicted octanol–water partition coefficient (Wildman–Crippen LogP) is 3.77. The maximum atomic E-state index is 7.77. The van der Waals surface area contributed by atoms with Crippen molar-refractivity contribution in [1.29, 1.82) is 0 Å². The molecule has 2 unspecified atom stereocenters. The molecule has 0 aromatic heterocycles. The zero-order chi connectivity index (χ0) is 18.9. The van der Waals surface area contributed by atoms with E-state index in [1.165, 1.54) is 24.0 Å². The third kappa shape index (κ3) is 1.69. The van der Waals surface area contributed by atoms with E-state index in [0.717, 1.165) is 19.3 Å². The Balaban J connectivity index is 1.74. The van der Waals surface area contributed by atoms with E-state index < -0.39 is 13.4 Å². The Bertz CT molecular complexity index is 718. The lowest BCUT2D eigenvalue weighted by atomic mass is 9.49. The largest absolute Gasteiger partial charge is 0.494 e. The minimum atomic E-state index is -2.82. The van der Waals surface area contributed by atoms with Crippen LogP contribution in [0.1, 0.15) is 57.4 Å². The molecule has 1 aliphatic heterocycles. The number of rotatable bonds is 3. The van der Waals surface area contributed by atoms with Gasteiger partial charge in [0.1, 0.15) is 5.75 Å². The number of nitrogens with zero attached hydrogens (tertiary/aromatic N) is 1. The van der Waals surface area contributed by atoms with E-state index >= 15 is 0 Å². The van der Waals surface area contributed by atoms with Gasteiger partial charge in [-0.2, -0.15) is 0 Å². The van der Waals surface area contributed by atoms with Gasteiger partial charge in [0.25, 0.3) is 0 Å². The minimum absolute atomic E-state index is 0.111. The lowest BCUT2D eigenvalue weighted by Gasteiger charge is -2.66. The first kappa shape index (κ1) is 9.19. The molecule has 0 bridgehead atoms. The monoisotopic (exact) mass is 290 g/mol. The number of benzene rings is 1. The Morgan fingerprint density at radius 3 is 3.19 bits per heavy atom. The minimum Gasteiger partial charge on any atom is -0.494 e. The second kappa shape index (κ2) is 4.74. The molecule has 21 heavy (non-hydrogen) atoms. The molecule has 1 aromatic carbocycles. The van der Waals surface area contributed by atoms with Crippen molar-refractivity contribution < 1.29 is 11.6 Å². The van der Waals surface area contributed by atoms with E-state index in [1.54, 1.807) is 6.07 Å². The maximum Gasteiger partial charge on any atom is 0.119 e. The zero-order valence-corrected chi connectivity index (χ0v) is 12.9. The lowest BCUT2D eigenvalue weighted by Crippen LogP contribution is -2.72. The van der Waals surface area contributed by atoms with Crippen molar-refractivity contribution in [3.05, 3.63) is 29.3 Å². The maximum absolute atomic E-state index is 7.77. The van der Waals surface area contributed by atoms with Gasteiger partial charge in [0, 0.05) is 21.6 Å². The summed E-state index contributed by atoms with van der Waals surface area (Å²) in [6.07, 6.45) is 5.68. The summed E-state index contributed by atoms with van der Waals surface area (Å²) in [4.78, 5) is 2.54. The first-order valence-corrected chi connectivity index (χ1v) is 8.15. The van der Waals surface area contributed by atoms with Crippen molar-refractivity contribution in [1.82, 2.24) is 4.90 Å². The van der Waals surface area contributed by atoms with Gasteiger partial charge in [-0.1, -0.05) is 19.4 Å². The molecule has 1 saturated carbocycles. The van der Waals surface area contributed by atoms with Gasteiger partial charge in [-0.25, -0.2) is 0 Å². The molecule has 1 heterocycles. The number of likely N-dealkylation sites (N-methyl/N-ethyl adjacent to an activating group) is 1. The van der Waals surface area contributed by atoms with Crippen LogP contribution in [0.3, 0.4) is 0 Å². The molecule has 2 fully saturated rings. The molecule has 2 heteroatoms. The summed E-state index contributed by atoms with van der Waals surface area (Å²) in [7, 11) is 2.24. The molecule has 1 aromatic rings. The topological polar surface area (TPSA) is 12.5 Å². The number of fused-ring (bicyclic) bond motifs is 2. The second-order valence-corrected chi connectivity index (χ2v) is 6.96. The van der Waals surface area contributed by atoms with Gasteiger partial charge in [-0.05, 0) is 68.8 Å². The average molecular weight is 290 g/mol. The van der Waals surface area contributed by atoms with Gasteiger partial charge in [0.2, 0.25) is 0 Å². The van der Waals surface area contributed by atoms with Gasteiger partial charge in [0.05, 0.1) is 9.30 Å². The summed E-state index contributed by atoms with van der Waals surface area (Å²) >= 11 is 0. The van der Waals surface area contributed by atoms with Gasteiger partial charge >= 0.3 is 0 Å². The SMILES string of the molecule is [2H]C([2H])([2H])C([2H])([2H])Oc1ccc2c(c1)C1(CC)CCCC3[C@@H]1[C@H](C2)N3C. The third-order valence-electron chi connectivity index (χ3n) is 6.48. The molecule has 1 saturated heterocycles. The first-order chi connectivity index (χ1) is 12.1. The van der Waals surface area contributed by atoms with Crippen molar-refractivity contribution in [2.75, 3.05) is 13.6 Å². The molecule has 3 aliphatic rings. The van der Waals surface area contributed by atoms with Crippen molar-refractivity contribution >= 4 is 0 Å². The first-order valence-electron chi connectivity index (χ1n) is 10.6. The Kier molecular flexibility index (Phi) is 2.08. The fourth-order valence-electron chi connectivity index (χ4n) is 5.55. The molecule has 4 atom stereocenters. The van der Waals surface area contributed by atoms with Gasteiger partial charge in [0.15, 0.2) is 0 Å². The van der Waals surface area contributed by atoms with E-state index in [4.69, 9.17) is 11.6 Å². The van der Waals surface area contributed by atoms with Crippen LogP contribution < -0.4 is 4.74 Å². The Morgan fingerprint density at radius 2 is 2.38 bits per heavy atom. The lowest BCUT2D eigenvalue weighted by molar-refractivity contribution is -0.115. The normalized spacial score (nSPS) is 42.2. The molecule has 2 aliphatic carbocycles. The smallest absolute Gasteiger partial charge is 0.119 e. The van der Waals surface area contributed by atoms with E-state index in [0.29, 0.717) is 23.8 Å². The van der Waals surface area contributed by atoms with Crippen molar-refractivity contribution in [3.8, 4) is 5.75 Å². The van der Waals surface area contributed by atoms with E-state index in [2.05, 4.69) is 18.9 Å². The fraction of sp³-hybridized carbons (Fsp3) is 0.684. The Hall–Kier alpha value is -1.02. The molecule has 0 spiro atoms. The van der Waals surface area contributed by atoms with Crippen molar-refractivity contribution in [2.24, 2.45) is 5.92 Å². The van der Waals surface area contributed by atoms with Crippen molar-refractivity contribution in [3.63, 3.8) is 0 Å².